The molecule has 0 unspecified atom stereocenters. The minimum absolute atomic E-state index is 0.592. The van der Waals surface area contributed by atoms with Crippen molar-refractivity contribution in [3.05, 3.63) is 35.9 Å². The molecule has 2 atom stereocenters. The molecule has 0 aromatic heterocycles. The molecule has 0 heterocycles. The lowest BCUT2D eigenvalue weighted by molar-refractivity contribution is 0.545. The topological polar surface area (TPSA) is 20.2 Å². The lowest BCUT2D eigenvalue weighted by atomic mass is 10.1. The van der Waals surface area contributed by atoms with Gasteiger partial charge in [-0.15, -0.1) is 0 Å². The largest absolute Gasteiger partial charge is 0.432 e. The van der Waals surface area contributed by atoms with Crippen LogP contribution in [0.1, 0.15) is 17.9 Å². The average Bonchev–Trinajstić information content (AvgIpc) is 2.83. The predicted octanol–water partition coefficient (Wildman–Crippen LogP) is 2.74. The van der Waals surface area contributed by atoms with E-state index in [4.69, 9.17) is 0 Å². The third-order valence-electron chi connectivity index (χ3n) is 2.93. The number of hydrogen-bond acceptors (Lipinski definition) is 1. The minimum atomic E-state index is -1.87. The maximum Gasteiger partial charge on any atom is 0.186 e. The third-order valence-corrected chi connectivity index (χ3v) is 5.38. The van der Waals surface area contributed by atoms with E-state index in [2.05, 4.69) is 24.3 Å². The van der Waals surface area contributed by atoms with Crippen LogP contribution in [0.15, 0.2) is 30.3 Å². The highest BCUT2D eigenvalue weighted by molar-refractivity contribution is 6.72. The molecular weight excluding hydrogens is 176 g/mol. The molecule has 0 bridgehead atoms. The van der Waals surface area contributed by atoms with Gasteiger partial charge in [0.25, 0.3) is 0 Å². The molecule has 2 heteroatoms. The third kappa shape index (κ3) is 1.84. The summed E-state index contributed by atoms with van der Waals surface area (Å²) in [5, 5.41) is 0. The Morgan fingerprint density at radius 1 is 1.23 bits per heavy atom. The molecule has 0 saturated heterocycles. The summed E-state index contributed by atoms with van der Waals surface area (Å²) < 4.78 is 0. The Morgan fingerprint density at radius 3 is 2.31 bits per heavy atom. The smallest absolute Gasteiger partial charge is 0.186 e. The van der Waals surface area contributed by atoms with Gasteiger partial charge in [0.2, 0.25) is 0 Å². The molecule has 1 nitrogen and oxygen atoms in total. The Hall–Kier alpha value is -0.603. The summed E-state index contributed by atoms with van der Waals surface area (Å²) in [5.74, 6) is 0.646. The second-order valence-corrected chi connectivity index (χ2v) is 8.56. The van der Waals surface area contributed by atoms with Crippen LogP contribution in [0.2, 0.25) is 18.6 Å². The van der Waals surface area contributed by atoms with Crippen LogP contribution in [-0.4, -0.2) is 13.1 Å². The molecule has 1 N–H and O–H groups in total. The van der Waals surface area contributed by atoms with Gasteiger partial charge in [0.15, 0.2) is 8.32 Å². The molecule has 13 heavy (non-hydrogen) atoms. The van der Waals surface area contributed by atoms with Crippen LogP contribution >= 0.6 is 0 Å². The van der Waals surface area contributed by atoms with E-state index in [0.29, 0.717) is 11.5 Å². The van der Waals surface area contributed by atoms with Crippen LogP contribution in [-0.2, 0) is 0 Å². The summed E-state index contributed by atoms with van der Waals surface area (Å²) in [4.78, 5) is 9.93. The van der Waals surface area contributed by atoms with Crippen LogP contribution in [0.5, 0.6) is 0 Å². The monoisotopic (exact) mass is 192 g/mol. The highest BCUT2D eigenvalue weighted by Gasteiger charge is 2.48. The van der Waals surface area contributed by atoms with Gasteiger partial charge in [-0.05, 0) is 36.5 Å². The van der Waals surface area contributed by atoms with Gasteiger partial charge in [-0.3, -0.25) is 0 Å². The molecule has 2 rings (SSSR count). The zero-order valence-corrected chi connectivity index (χ0v) is 9.20. The summed E-state index contributed by atoms with van der Waals surface area (Å²) >= 11 is 0. The van der Waals surface area contributed by atoms with Crippen molar-refractivity contribution in [3.8, 4) is 0 Å². The van der Waals surface area contributed by atoms with Crippen molar-refractivity contribution >= 4 is 8.32 Å². The normalized spacial score (nSPS) is 27.3. The maximum absolute atomic E-state index is 9.93. The SMILES string of the molecule is C[Si](C)(O)[C@H]1C[C@@H]1c1ccccc1. The van der Waals surface area contributed by atoms with Crippen LogP contribution in [0.3, 0.4) is 0 Å². The molecule has 1 aliphatic rings. The van der Waals surface area contributed by atoms with E-state index in [0.717, 1.165) is 0 Å². The standard InChI is InChI=1S/C11H16OSi/c1-13(2,12)11-8-10(11)9-6-4-3-5-7-9/h3-7,10-12H,8H2,1-2H3/t10-,11+/m1/s1. The number of benzene rings is 1. The number of hydrogen-bond donors (Lipinski definition) is 1. The van der Waals surface area contributed by atoms with Crippen molar-refractivity contribution in [2.45, 2.75) is 31.0 Å². The zero-order valence-electron chi connectivity index (χ0n) is 8.20. The van der Waals surface area contributed by atoms with Gasteiger partial charge < -0.3 is 4.80 Å². The Bertz CT molecular complexity index is 289. The van der Waals surface area contributed by atoms with Gasteiger partial charge in [-0.25, -0.2) is 0 Å². The Balaban J connectivity index is 2.09. The van der Waals surface area contributed by atoms with E-state index < -0.39 is 8.32 Å². The van der Waals surface area contributed by atoms with Gasteiger partial charge >= 0.3 is 0 Å². The first-order valence-corrected chi connectivity index (χ1v) is 7.89. The molecule has 0 amide bonds. The van der Waals surface area contributed by atoms with Gasteiger partial charge in [-0.2, -0.15) is 0 Å². The second-order valence-electron chi connectivity index (χ2n) is 4.51. The van der Waals surface area contributed by atoms with E-state index >= 15 is 0 Å². The molecule has 1 aromatic carbocycles. The molecule has 0 radical (unpaired) electrons. The van der Waals surface area contributed by atoms with E-state index in [1.54, 1.807) is 0 Å². The summed E-state index contributed by atoms with van der Waals surface area (Å²) in [6, 6.07) is 10.5. The predicted molar refractivity (Wildman–Crippen MR) is 57.3 cm³/mol. The molecular formula is C11H16OSi. The lowest BCUT2D eigenvalue weighted by Gasteiger charge is -2.13. The Kier molecular flexibility index (Phi) is 2.04. The van der Waals surface area contributed by atoms with Crippen molar-refractivity contribution in [2.24, 2.45) is 0 Å². The van der Waals surface area contributed by atoms with Crippen molar-refractivity contribution in [2.75, 3.05) is 0 Å². The van der Waals surface area contributed by atoms with E-state index in [-0.39, 0.29) is 0 Å². The van der Waals surface area contributed by atoms with Crippen LogP contribution in [0.25, 0.3) is 0 Å². The van der Waals surface area contributed by atoms with Gasteiger partial charge in [0.05, 0.1) is 0 Å². The first kappa shape index (κ1) is 8.97. The number of rotatable bonds is 2. The van der Waals surface area contributed by atoms with Crippen molar-refractivity contribution in [1.29, 1.82) is 0 Å². The first-order chi connectivity index (χ1) is 6.09. The minimum Gasteiger partial charge on any atom is -0.432 e. The first-order valence-electron chi connectivity index (χ1n) is 4.86. The van der Waals surface area contributed by atoms with Gasteiger partial charge in [0.1, 0.15) is 0 Å². The Morgan fingerprint density at radius 2 is 1.85 bits per heavy atom. The summed E-state index contributed by atoms with van der Waals surface area (Å²) in [5.41, 5.74) is 2.00. The van der Waals surface area contributed by atoms with E-state index in [1.807, 2.05) is 19.2 Å². The maximum atomic E-state index is 9.93. The average molecular weight is 192 g/mol. The van der Waals surface area contributed by atoms with E-state index in [1.165, 1.54) is 12.0 Å². The van der Waals surface area contributed by atoms with Gasteiger partial charge in [0, 0.05) is 0 Å². The summed E-state index contributed by atoms with van der Waals surface area (Å²) in [6.45, 7) is 4.08. The van der Waals surface area contributed by atoms with Crippen molar-refractivity contribution in [1.82, 2.24) is 0 Å². The lowest BCUT2D eigenvalue weighted by Crippen LogP contribution is -2.25. The fourth-order valence-electron chi connectivity index (χ4n) is 2.04. The molecule has 0 spiro atoms. The fraction of sp³-hybridized carbons (Fsp3) is 0.455. The highest BCUT2D eigenvalue weighted by atomic mass is 28.4. The molecule has 1 fully saturated rings. The van der Waals surface area contributed by atoms with Crippen molar-refractivity contribution in [3.63, 3.8) is 0 Å². The van der Waals surface area contributed by atoms with Crippen molar-refractivity contribution < 1.29 is 4.80 Å². The van der Waals surface area contributed by atoms with E-state index in [9.17, 15) is 4.80 Å². The zero-order chi connectivity index (χ0) is 9.47. The molecule has 1 aromatic rings. The van der Waals surface area contributed by atoms with Crippen LogP contribution < -0.4 is 0 Å². The Labute approximate surface area is 80.5 Å². The molecule has 1 aliphatic carbocycles. The highest BCUT2D eigenvalue weighted by Crippen LogP contribution is 2.57. The van der Waals surface area contributed by atoms with Crippen LogP contribution in [0, 0.1) is 0 Å². The fourth-order valence-corrected chi connectivity index (χ4v) is 4.05. The van der Waals surface area contributed by atoms with Gasteiger partial charge in [-0.1, -0.05) is 30.3 Å². The van der Waals surface area contributed by atoms with Crippen LogP contribution in [0.4, 0.5) is 0 Å². The summed E-state index contributed by atoms with van der Waals surface area (Å²) in [7, 11) is -1.87. The molecule has 70 valence electrons. The second kappa shape index (κ2) is 2.96. The summed E-state index contributed by atoms with van der Waals surface area (Å²) in [6.07, 6.45) is 1.19. The quantitative estimate of drug-likeness (QED) is 0.714. The molecule has 0 aliphatic heterocycles. The molecule has 1 saturated carbocycles.